The molecule has 3 aromatic rings. The molecule has 0 saturated carbocycles. The lowest BCUT2D eigenvalue weighted by molar-refractivity contribution is 0.188. The number of hydrogen-bond donors (Lipinski definition) is 1. The summed E-state index contributed by atoms with van der Waals surface area (Å²) in [6.07, 6.45) is 9.48. The average Bonchev–Trinajstić information content (AvgIpc) is 3.62. The van der Waals surface area contributed by atoms with E-state index in [1.54, 1.807) is 6.20 Å². The number of nitrogens with one attached hydrogen (secondary N) is 1. The highest BCUT2D eigenvalue weighted by atomic mass is 19.1. The molecule has 2 aromatic heterocycles. The minimum Gasteiger partial charge on any atom is -0.462 e. The number of likely N-dealkylation sites (tertiary alicyclic amines) is 1. The molecule has 3 atom stereocenters. The molecule has 1 N–H and O–H groups in total. The fourth-order valence-corrected chi connectivity index (χ4v) is 6.69. The smallest absolute Gasteiger partial charge is 0.319 e. The largest absolute Gasteiger partial charge is 0.462 e. The molecule has 0 amide bonds. The van der Waals surface area contributed by atoms with Gasteiger partial charge in [-0.2, -0.15) is 9.97 Å². The first-order valence-electron chi connectivity index (χ1n) is 13.5. The first-order chi connectivity index (χ1) is 17.6. The zero-order chi connectivity index (χ0) is 24.2. The molecule has 0 spiro atoms. The predicted molar refractivity (Wildman–Crippen MR) is 138 cm³/mol. The van der Waals surface area contributed by atoms with E-state index in [9.17, 15) is 0 Å². The highest BCUT2D eigenvalue weighted by Crippen LogP contribution is 2.37. The summed E-state index contributed by atoms with van der Waals surface area (Å²) >= 11 is 0. The molecule has 0 radical (unpaired) electrons. The number of rotatable bonds is 5. The van der Waals surface area contributed by atoms with E-state index < -0.39 is 0 Å². The summed E-state index contributed by atoms with van der Waals surface area (Å²) < 4.78 is 22.4. The molecule has 5 heterocycles. The number of nitrogens with zero attached hydrogens (tertiary/aromatic N) is 5. The maximum absolute atomic E-state index is 16.3. The van der Waals surface area contributed by atoms with E-state index in [0.29, 0.717) is 41.3 Å². The van der Waals surface area contributed by atoms with Crippen LogP contribution in [0, 0.1) is 5.82 Å². The number of pyridine rings is 1. The van der Waals surface area contributed by atoms with Crippen LogP contribution in [0.4, 0.5) is 10.2 Å². The maximum atomic E-state index is 16.3. The van der Waals surface area contributed by atoms with Crippen LogP contribution in [0.2, 0.25) is 0 Å². The van der Waals surface area contributed by atoms with Crippen LogP contribution >= 0.6 is 0 Å². The number of likely N-dealkylation sites (N-methyl/N-ethyl adjacent to an activating group) is 1. The summed E-state index contributed by atoms with van der Waals surface area (Å²) in [5.41, 5.74) is 4.10. The van der Waals surface area contributed by atoms with Crippen molar-refractivity contribution in [2.45, 2.75) is 63.1 Å². The number of hydrogen-bond acceptors (Lipinski definition) is 7. The van der Waals surface area contributed by atoms with E-state index in [1.165, 1.54) is 17.5 Å². The Morgan fingerprint density at radius 2 is 1.94 bits per heavy atom. The second kappa shape index (κ2) is 8.92. The number of benzene rings is 1. The van der Waals surface area contributed by atoms with Gasteiger partial charge in [0.05, 0.1) is 5.39 Å². The van der Waals surface area contributed by atoms with Crippen molar-refractivity contribution in [2.75, 3.05) is 38.2 Å². The lowest BCUT2D eigenvalue weighted by Gasteiger charge is -2.34. The molecule has 36 heavy (non-hydrogen) atoms. The SMILES string of the molecule is CN1CCCC1COc1nc(N2C[C@H]3CC[C@@H](C2)N3)c2cnc(-c3cccc4c3CCC4)c(F)c2n1. The van der Waals surface area contributed by atoms with Gasteiger partial charge >= 0.3 is 6.01 Å². The van der Waals surface area contributed by atoms with Crippen LogP contribution in [-0.2, 0) is 12.8 Å². The highest BCUT2D eigenvalue weighted by molar-refractivity contribution is 5.92. The molecule has 3 aliphatic heterocycles. The third kappa shape index (κ3) is 3.82. The van der Waals surface area contributed by atoms with Gasteiger partial charge in [0, 0.05) is 43.0 Å². The number of fused-ring (bicyclic) bond motifs is 4. The molecule has 7 nitrogen and oxygen atoms in total. The average molecular weight is 489 g/mol. The Labute approximate surface area is 211 Å². The van der Waals surface area contributed by atoms with E-state index in [1.807, 2.05) is 12.1 Å². The normalized spacial score (nSPS) is 25.6. The molecule has 2 bridgehead atoms. The molecule has 1 unspecified atom stereocenters. The van der Waals surface area contributed by atoms with E-state index in [0.717, 1.165) is 69.5 Å². The summed E-state index contributed by atoms with van der Waals surface area (Å²) in [5, 5.41) is 4.34. The number of aryl methyl sites for hydroxylation is 1. The van der Waals surface area contributed by atoms with Crippen LogP contribution in [-0.4, -0.2) is 71.3 Å². The summed E-state index contributed by atoms with van der Waals surface area (Å²) in [5.74, 6) is 0.363. The highest BCUT2D eigenvalue weighted by Gasteiger charge is 2.34. The van der Waals surface area contributed by atoms with Crippen molar-refractivity contribution in [1.29, 1.82) is 0 Å². The van der Waals surface area contributed by atoms with Gasteiger partial charge in [-0.25, -0.2) is 4.39 Å². The maximum Gasteiger partial charge on any atom is 0.319 e. The molecule has 3 saturated heterocycles. The van der Waals surface area contributed by atoms with Gasteiger partial charge in [0.1, 0.15) is 23.6 Å². The standard InChI is InChI=1S/C28H33FN6O/c1-34-12-4-7-20(34)16-36-28-32-26-23(27(33-28)35-14-18-10-11-19(15-35)31-18)13-30-25(24(26)29)22-9-3-6-17-5-2-8-21(17)22/h3,6,9,13,18-20,31H,2,4-5,7-8,10-12,14-16H2,1H3/t18-,19+,20?. The number of piperazine rings is 1. The lowest BCUT2D eigenvalue weighted by Crippen LogP contribution is -2.51. The second-order valence-corrected chi connectivity index (χ2v) is 10.9. The summed E-state index contributed by atoms with van der Waals surface area (Å²) in [6, 6.07) is 7.63. The van der Waals surface area contributed by atoms with Gasteiger partial charge in [0.25, 0.3) is 0 Å². The van der Waals surface area contributed by atoms with Crippen LogP contribution in [0.25, 0.3) is 22.2 Å². The van der Waals surface area contributed by atoms with Crippen LogP contribution in [0.15, 0.2) is 24.4 Å². The van der Waals surface area contributed by atoms with Gasteiger partial charge in [-0.15, -0.1) is 0 Å². The second-order valence-electron chi connectivity index (χ2n) is 10.9. The Bertz CT molecular complexity index is 1300. The van der Waals surface area contributed by atoms with Gasteiger partial charge in [0.2, 0.25) is 0 Å². The van der Waals surface area contributed by atoms with Gasteiger partial charge < -0.3 is 19.9 Å². The first-order valence-corrected chi connectivity index (χ1v) is 13.5. The molecular weight excluding hydrogens is 455 g/mol. The molecular formula is C28H33FN6O. The molecule has 3 fully saturated rings. The molecule has 7 rings (SSSR count). The van der Waals surface area contributed by atoms with Crippen molar-refractivity contribution in [3.05, 3.63) is 41.3 Å². The third-order valence-corrected chi connectivity index (χ3v) is 8.64. The van der Waals surface area contributed by atoms with Gasteiger partial charge in [-0.1, -0.05) is 18.2 Å². The minimum atomic E-state index is -0.377. The zero-order valence-corrected chi connectivity index (χ0v) is 20.8. The predicted octanol–water partition coefficient (Wildman–Crippen LogP) is 3.73. The van der Waals surface area contributed by atoms with Crippen molar-refractivity contribution < 1.29 is 9.13 Å². The fraction of sp³-hybridized carbons (Fsp3) is 0.536. The Morgan fingerprint density at radius 3 is 2.75 bits per heavy atom. The molecule has 188 valence electrons. The molecule has 1 aromatic carbocycles. The minimum absolute atomic E-state index is 0.262. The van der Waals surface area contributed by atoms with Crippen LogP contribution in [0.1, 0.15) is 43.2 Å². The Hall–Kier alpha value is -2.84. The quantitative estimate of drug-likeness (QED) is 0.587. The number of halogens is 1. The van der Waals surface area contributed by atoms with Crippen LogP contribution < -0.4 is 15.0 Å². The Balaban J connectivity index is 1.32. The fourth-order valence-electron chi connectivity index (χ4n) is 6.69. The Morgan fingerprint density at radius 1 is 1.08 bits per heavy atom. The molecule has 8 heteroatoms. The van der Waals surface area contributed by atoms with Crippen molar-refractivity contribution in [2.24, 2.45) is 0 Å². The summed E-state index contributed by atoms with van der Waals surface area (Å²) in [4.78, 5) is 18.7. The van der Waals surface area contributed by atoms with Gasteiger partial charge in [0.15, 0.2) is 5.82 Å². The number of aromatic nitrogens is 3. The van der Waals surface area contributed by atoms with E-state index in [4.69, 9.17) is 9.72 Å². The van der Waals surface area contributed by atoms with Gasteiger partial charge in [-0.05, 0) is 69.7 Å². The van der Waals surface area contributed by atoms with Crippen molar-refractivity contribution in [1.82, 2.24) is 25.2 Å². The molecule has 4 aliphatic rings. The number of anilines is 1. The topological polar surface area (TPSA) is 66.4 Å². The Kier molecular flexibility index (Phi) is 5.54. The molecule has 1 aliphatic carbocycles. The van der Waals surface area contributed by atoms with Crippen molar-refractivity contribution in [3.8, 4) is 17.3 Å². The third-order valence-electron chi connectivity index (χ3n) is 8.64. The first kappa shape index (κ1) is 22.4. The summed E-state index contributed by atoms with van der Waals surface area (Å²) in [7, 11) is 2.13. The van der Waals surface area contributed by atoms with Gasteiger partial charge in [-0.3, -0.25) is 4.98 Å². The summed E-state index contributed by atoms with van der Waals surface area (Å²) in [6.45, 7) is 3.29. The van der Waals surface area contributed by atoms with Crippen LogP contribution in [0.5, 0.6) is 6.01 Å². The number of ether oxygens (including phenoxy) is 1. The zero-order valence-electron chi connectivity index (χ0n) is 20.8. The monoisotopic (exact) mass is 488 g/mol. The van der Waals surface area contributed by atoms with Crippen molar-refractivity contribution in [3.63, 3.8) is 0 Å². The van der Waals surface area contributed by atoms with E-state index in [2.05, 4.69) is 38.2 Å². The van der Waals surface area contributed by atoms with E-state index in [-0.39, 0.29) is 11.8 Å². The lowest BCUT2D eigenvalue weighted by atomic mass is 9.99. The van der Waals surface area contributed by atoms with Crippen LogP contribution in [0.3, 0.4) is 0 Å². The van der Waals surface area contributed by atoms with Crippen molar-refractivity contribution >= 4 is 16.7 Å². The van der Waals surface area contributed by atoms with E-state index >= 15 is 4.39 Å².